The van der Waals surface area contributed by atoms with E-state index in [1.807, 2.05) is 79.7 Å². The van der Waals surface area contributed by atoms with Crippen LogP contribution in [0.5, 0.6) is 0 Å². The average Bonchev–Trinajstić information content (AvgIpc) is 2.75. The Labute approximate surface area is 159 Å². The molecular weight excluding hydrogens is 330 g/mol. The quantitative estimate of drug-likeness (QED) is 0.426. The third-order valence-electron chi connectivity index (χ3n) is 4.77. The second-order valence-electron chi connectivity index (χ2n) is 6.43. The van der Waals surface area contributed by atoms with Gasteiger partial charge in [0.05, 0.1) is 5.69 Å². The van der Waals surface area contributed by atoms with Crippen molar-refractivity contribution in [3.63, 3.8) is 0 Å². The number of hydrogen-bond donors (Lipinski definition) is 0. The molecule has 0 atom stereocenters. The summed E-state index contributed by atoms with van der Waals surface area (Å²) in [6.45, 7) is 2.01. The third kappa shape index (κ3) is 3.30. The molecule has 1 aromatic heterocycles. The summed E-state index contributed by atoms with van der Waals surface area (Å²) in [6, 6.07) is 29.4. The van der Waals surface area contributed by atoms with E-state index in [-0.39, 0.29) is 5.78 Å². The van der Waals surface area contributed by atoms with E-state index in [9.17, 15) is 4.79 Å². The fourth-order valence-corrected chi connectivity index (χ4v) is 3.38. The Morgan fingerprint density at radius 3 is 2.07 bits per heavy atom. The van der Waals surface area contributed by atoms with E-state index in [0.717, 1.165) is 33.5 Å². The zero-order chi connectivity index (χ0) is 18.6. The molecule has 2 nitrogen and oxygen atoms in total. The molecule has 4 aromatic rings. The van der Waals surface area contributed by atoms with Crippen LogP contribution in [0.1, 0.15) is 21.5 Å². The highest BCUT2D eigenvalue weighted by atomic mass is 16.1. The highest BCUT2D eigenvalue weighted by Gasteiger charge is 2.16. The molecule has 0 aliphatic heterocycles. The lowest BCUT2D eigenvalue weighted by Gasteiger charge is -2.14. The van der Waals surface area contributed by atoms with E-state index in [1.54, 1.807) is 6.20 Å². The van der Waals surface area contributed by atoms with E-state index >= 15 is 0 Å². The van der Waals surface area contributed by atoms with Gasteiger partial charge in [0.15, 0.2) is 5.78 Å². The number of benzene rings is 3. The number of carbonyl (C=O) groups is 1. The van der Waals surface area contributed by atoms with Gasteiger partial charge in [0, 0.05) is 22.9 Å². The largest absolute Gasteiger partial charge is 0.289 e. The number of rotatable bonds is 4. The normalized spacial score (nSPS) is 10.6. The molecule has 0 radical (unpaired) electrons. The van der Waals surface area contributed by atoms with Crippen LogP contribution >= 0.6 is 0 Å². The van der Waals surface area contributed by atoms with Crippen molar-refractivity contribution in [3.8, 4) is 22.4 Å². The van der Waals surface area contributed by atoms with Gasteiger partial charge in [-0.15, -0.1) is 0 Å². The van der Waals surface area contributed by atoms with Crippen LogP contribution in [0.15, 0.2) is 97.2 Å². The highest BCUT2D eigenvalue weighted by Crippen LogP contribution is 2.34. The van der Waals surface area contributed by atoms with Crippen LogP contribution < -0.4 is 0 Å². The summed E-state index contributed by atoms with van der Waals surface area (Å²) in [6.07, 6.45) is 1.80. The first-order valence-electron chi connectivity index (χ1n) is 8.96. The maximum atomic E-state index is 13.0. The van der Waals surface area contributed by atoms with Crippen molar-refractivity contribution in [2.45, 2.75) is 6.92 Å². The number of nitrogens with zero attached hydrogens (tertiary/aromatic N) is 1. The Bertz CT molecular complexity index is 1090. The van der Waals surface area contributed by atoms with Crippen molar-refractivity contribution in [1.29, 1.82) is 0 Å². The summed E-state index contributed by atoms with van der Waals surface area (Å²) in [5.74, 6) is 0.0465. The van der Waals surface area contributed by atoms with Crippen LogP contribution in [0.2, 0.25) is 0 Å². The van der Waals surface area contributed by atoms with Gasteiger partial charge < -0.3 is 0 Å². The highest BCUT2D eigenvalue weighted by molar-refractivity contribution is 6.10. The number of ketones is 1. The Morgan fingerprint density at radius 2 is 1.33 bits per heavy atom. The molecule has 2 heteroatoms. The maximum absolute atomic E-state index is 13.0. The lowest BCUT2D eigenvalue weighted by Crippen LogP contribution is -2.04. The zero-order valence-corrected chi connectivity index (χ0v) is 15.1. The molecule has 0 aliphatic rings. The molecule has 0 aliphatic carbocycles. The second kappa shape index (κ2) is 7.38. The third-order valence-corrected chi connectivity index (χ3v) is 4.77. The molecule has 130 valence electrons. The summed E-state index contributed by atoms with van der Waals surface area (Å²) in [4.78, 5) is 17.5. The van der Waals surface area contributed by atoms with Gasteiger partial charge in [-0.25, -0.2) is 0 Å². The van der Waals surface area contributed by atoms with Crippen molar-refractivity contribution in [3.05, 3.63) is 114 Å². The molecule has 0 N–H and O–H groups in total. The SMILES string of the molecule is Cc1c(C(=O)c2ccccc2)cccc1-c1ccccc1-c1ccccn1. The Hall–Kier alpha value is -3.52. The first-order chi connectivity index (χ1) is 13.3. The lowest BCUT2D eigenvalue weighted by atomic mass is 9.89. The van der Waals surface area contributed by atoms with E-state index in [0.29, 0.717) is 5.56 Å². The fourth-order valence-electron chi connectivity index (χ4n) is 3.38. The van der Waals surface area contributed by atoms with E-state index in [4.69, 9.17) is 0 Å². The topological polar surface area (TPSA) is 30.0 Å². The first kappa shape index (κ1) is 16.9. The first-order valence-corrected chi connectivity index (χ1v) is 8.96. The molecule has 1 heterocycles. The minimum atomic E-state index is 0.0465. The van der Waals surface area contributed by atoms with Gasteiger partial charge in [0.25, 0.3) is 0 Å². The van der Waals surface area contributed by atoms with E-state index in [1.165, 1.54) is 0 Å². The van der Waals surface area contributed by atoms with Crippen molar-refractivity contribution in [2.75, 3.05) is 0 Å². The van der Waals surface area contributed by atoms with Gasteiger partial charge in [-0.2, -0.15) is 0 Å². The predicted octanol–water partition coefficient (Wildman–Crippen LogP) is 5.96. The average molecular weight is 349 g/mol. The fraction of sp³-hybridized carbons (Fsp3) is 0.0400. The van der Waals surface area contributed by atoms with Gasteiger partial charge in [0.1, 0.15) is 0 Å². The Morgan fingerprint density at radius 1 is 0.667 bits per heavy atom. The molecular formula is C25H19NO. The summed E-state index contributed by atoms with van der Waals surface area (Å²) < 4.78 is 0. The van der Waals surface area contributed by atoms with E-state index in [2.05, 4.69) is 23.2 Å². The molecule has 3 aromatic carbocycles. The van der Waals surface area contributed by atoms with Crippen molar-refractivity contribution >= 4 is 5.78 Å². The lowest BCUT2D eigenvalue weighted by molar-refractivity contribution is 0.103. The molecule has 0 fully saturated rings. The number of carbonyl (C=O) groups excluding carboxylic acids is 1. The van der Waals surface area contributed by atoms with Crippen LogP contribution in [0.3, 0.4) is 0 Å². The van der Waals surface area contributed by atoms with Crippen LogP contribution in [0.25, 0.3) is 22.4 Å². The molecule has 0 bridgehead atoms. The molecule has 0 spiro atoms. The minimum Gasteiger partial charge on any atom is -0.289 e. The van der Waals surface area contributed by atoms with Crippen LogP contribution in [0.4, 0.5) is 0 Å². The van der Waals surface area contributed by atoms with Gasteiger partial charge in [-0.1, -0.05) is 78.9 Å². The Balaban J connectivity index is 1.85. The van der Waals surface area contributed by atoms with Gasteiger partial charge in [-0.05, 0) is 35.7 Å². The van der Waals surface area contributed by atoms with Crippen LogP contribution in [-0.4, -0.2) is 10.8 Å². The van der Waals surface area contributed by atoms with Crippen molar-refractivity contribution in [1.82, 2.24) is 4.98 Å². The summed E-state index contributed by atoms with van der Waals surface area (Å²) in [5.41, 5.74) is 6.53. The molecule has 0 unspecified atom stereocenters. The van der Waals surface area contributed by atoms with Crippen molar-refractivity contribution < 1.29 is 4.79 Å². The summed E-state index contributed by atoms with van der Waals surface area (Å²) in [7, 11) is 0. The maximum Gasteiger partial charge on any atom is 0.193 e. The van der Waals surface area contributed by atoms with Crippen molar-refractivity contribution in [2.24, 2.45) is 0 Å². The minimum absolute atomic E-state index is 0.0465. The zero-order valence-electron chi connectivity index (χ0n) is 15.1. The Kier molecular flexibility index (Phi) is 4.63. The summed E-state index contributed by atoms with van der Waals surface area (Å²) in [5, 5.41) is 0. The number of hydrogen-bond acceptors (Lipinski definition) is 2. The molecule has 4 rings (SSSR count). The monoisotopic (exact) mass is 349 g/mol. The summed E-state index contributed by atoms with van der Waals surface area (Å²) >= 11 is 0. The van der Waals surface area contributed by atoms with Gasteiger partial charge in [0.2, 0.25) is 0 Å². The van der Waals surface area contributed by atoms with Gasteiger partial charge >= 0.3 is 0 Å². The second-order valence-corrected chi connectivity index (χ2v) is 6.43. The smallest absolute Gasteiger partial charge is 0.193 e. The predicted molar refractivity (Wildman–Crippen MR) is 110 cm³/mol. The van der Waals surface area contributed by atoms with E-state index < -0.39 is 0 Å². The molecule has 0 saturated heterocycles. The standard InChI is InChI=1S/C25H19NO/c1-18-20(14-9-15-21(18)25(27)19-10-3-2-4-11-19)22-12-5-6-13-23(22)24-16-7-8-17-26-24/h2-17H,1H3. The van der Waals surface area contributed by atoms with Gasteiger partial charge in [-0.3, -0.25) is 9.78 Å². The number of pyridine rings is 1. The molecule has 0 amide bonds. The number of aromatic nitrogens is 1. The van der Waals surface area contributed by atoms with Crippen LogP contribution in [-0.2, 0) is 0 Å². The molecule has 27 heavy (non-hydrogen) atoms. The van der Waals surface area contributed by atoms with Crippen LogP contribution in [0, 0.1) is 6.92 Å². The molecule has 0 saturated carbocycles.